The number of halogens is 3. The van der Waals surface area contributed by atoms with Crippen molar-refractivity contribution < 1.29 is 17.6 Å². The molecule has 0 saturated heterocycles. The lowest BCUT2D eigenvalue weighted by atomic mass is 10.2. The highest BCUT2D eigenvalue weighted by atomic mass is 19.4. The minimum Gasteiger partial charge on any atom is -0.418 e. The van der Waals surface area contributed by atoms with Gasteiger partial charge in [-0.1, -0.05) is 0 Å². The van der Waals surface area contributed by atoms with E-state index in [0.29, 0.717) is 18.5 Å². The first-order valence-corrected chi connectivity index (χ1v) is 6.12. The van der Waals surface area contributed by atoms with Crippen LogP contribution in [0.1, 0.15) is 24.3 Å². The van der Waals surface area contributed by atoms with Crippen molar-refractivity contribution in [2.75, 3.05) is 0 Å². The molecule has 2 aromatic heterocycles. The number of nitrogens with zero attached hydrogens (tertiary/aromatic N) is 3. The summed E-state index contributed by atoms with van der Waals surface area (Å²) in [6, 6.07) is 2.66. The SMILES string of the molecule is FC(F)(F)c1ccc(-c2nnc(CNC3CC3)o2)nc1. The van der Waals surface area contributed by atoms with Crippen LogP contribution in [0, 0.1) is 0 Å². The Bertz CT molecular complexity index is 589. The highest BCUT2D eigenvalue weighted by Gasteiger charge is 2.31. The van der Waals surface area contributed by atoms with Gasteiger partial charge >= 0.3 is 6.18 Å². The number of pyridine rings is 1. The van der Waals surface area contributed by atoms with Crippen molar-refractivity contribution in [3.8, 4) is 11.6 Å². The van der Waals surface area contributed by atoms with Crippen molar-refractivity contribution in [1.29, 1.82) is 0 Å². The van der Waals surface area contributed by atoms with Crippen LogP contribution in [0.5, 0.6) is 0 Å². The van der Waals surface area contributed by atoms with E-state index in [1.54, 1.807) is 0 Å². The molecule has 1 aliphatic carbocycles. The van der Waals surface area contributed by atoms with Crippen LogP contribution in [-0.4, -0.2) is 21.2 Å². The second-order valence-electron chi connectivity index (χ2n) is 4.59. The van der Waals surface area contributed by atoms with Gasteiger partial charge in [0.2, 0.25) is 5.89 Å². The van der Waals surface area contributed by atoms with Crippen LogP contribution in [0.3, 0.4) is 0 Å². The zero-order chi connectivity index (χ0) is 14.2. The zero-order valence-corrected chi connectivity index (χ0v) is 10.3. The molecule has 3 rings (SSSR count). The van der Waals surface area contributed by atoms with Gasteiger partial charge in [-0.05, 0) is 25.0 Å². The summed E-state index contributed by atoms with van der Waals surface area (Å²) >= 11 is 0. The minimum absolute atomic E-state index is 0.117. The van der Waals surface area contributed by atoms with Gasteiger partial charge in [-0.2, -0.15) is 13.2 Å². The quantitative estimate of drug-likeness (QED) is 0.934. The molecular formula is C12H11F3N4O. The molecule has 0 radical (unpaired) electrons. The Morgan fingerprint density at radius 3 is 2.65 bits per heavy atom. The second-order valence-corrected chi connectivity index (χ2v) is 4.59. The standard InChI is InChI=1S/C12H11F3N4O/c13-12(14,15)7-1-4-9(17-5-7)11-19-18-10(20-11)6-16-8-2-3-8/h1,4-5,8,16H,2-3,6H2. The summed E-state index contributed by atoms with van der Waals surface area (Å²) in [6.07, 6.45) is -1.37. The summed E-state index contributed by atoms with van der Waals surface area (Å²) in [5.74, 6) is 0.514. The molecule has 0 amide bonds. The van der Waals surface area contributed by atoms with Gasteiger partial charge in [-0.3, -0.25) is 4.98 Å². The Labute approximate surface area is 112 Å². The van der Waals surface area contributed by atoms with Crippen LogP contribution in [0.2, 0.25) is 0 Å². The van der Waals surface area contributed by atoms with Gasteiger partial charge in [0.1, 0.15) is 5.69 Å². The highest BCUT2D eigenvalue weighted by molar-refractivity contribution is 5.46. The Balaban J connectivity index is 1.71. The molecule has 0 atom stereocenters. The van der Waals surface area contributed by atoms with Gasteiger partial charge in [0.15, 0.2) is 0 Å². The van der Waals surface area contributed by atoms with Crippen molar-refractivity contribution in [2.45, 2.75) is 31.6 Å². The number of rotatable bonds is 4. The van der Waals surface area contributed by atoms with E-state index < -0.39 is 11.7 Å². The third-order valence-corrected chi connectivity index (χ3v) is 2.90. The topological polar surface area (TPSA) is 63.8 Å². The molecule has 1 aliphatic rings. The Morgan fingerprint density at radius 1 is 1.25 bits per heavy atom. The van der Waals surface area contributed by atoms with E-state index >= 15 is 0 Å². The molecule has 1 fully saturated rings. The lowest BCUT2D eigenvalue weighted by molar-refractivity contribution is -0.137. The van der Waals surface area contributed by atoms with E-state index in [-0.39, 0.29) is 11.6 Å². The average Bonchev–Trinajstić information content (AvgIpc) is 3.13. The predicted molar refractivity (Wildman–Crippen MR) is 62.4 cm³/mol. The van der Waals surface area contributed by atoms with E-state index in [2.05, 4.69) is 20.5 Å². The van der Waals surface area contributed by atoms with Crippen molar-refractivity contribution in [3.63, 3.8) is 0 Å². The monoisotopic (exact) mass is 284 g/mol. The normalized spacial score (nSPS) is 15.6. The Kier molecular flexibility index (Phi) is 3.17. The van der Waals surface area contributed by atoms with Gasteiger partial charge in [-0.15, -0.1) is 10.2 Å². The minimum atomic E-state index is -4.40. The maximum absolute atomic E-state index is 12.4. The summed E-state index contributed by atoms with van der Waals surface area (Å²) in [5.41, 5.74) is -0.584. The van der Waals surface area contributed by atoms with Gasteiger partial charge in [0, 0.05) is 12.2 Å². The van der Waals surface area contributed by atoms with Gasteiger partial charge in [0.25, 0.3) is 5.89 Å². The van der Waals surface area contributed by atoms with E-state index in [9.17, 15) is 13.2 Å². The van der Waals surface area contributed by atoms with Crippen LogP contribution in [0.15, 0.2) is 22.7 Å². The molecule has 0 aromatic carbocycles. The number of alkyl halides is 3. The largest absolute Gasteiger partial charge is 0.418 e. The van der Waals surface area contributed by atoms with Crippen LogP contribution >= 0.6 is 0 Å². The zero-order valence-electron chi connectivity index (χ0n) is 10.3. The molecule has 0 unspecified atom stereocenters. The van der Waals surface area contributed by atoms with Crippen molar-refractivity contribution >= 4 is 0 Å². The lowest BCUT2D eigenvalue weighted by Gasteiger charge is -2.05. The smallest absolute Gasteiger partial charge is 0.417 e. The summed E-state index contributed by atoms with van der Waals surface area (Å²) < 4.78 is 42.6. The Hall–Kier alpha value is -1.96. The van der Waals surface area contributed by atoms with E-state index in [1.807, 2.05) is 0 Å². The number of aromatic nitrogens is 3. The number of hydrogen-bond donors (Lipinski definition) is 1. The fraction of sp³-hybridized carbons (Fsp3) is 0.417. The lowest BCUT2D eigenvalue weighted by Crippen LogP contribution is -2.15. The summed E-state index contributed by atoms with van der Waals surface area (Å²) in [5, 5.41) is 10.8. The molecule has 1 N–H and O–H groups in total. The summed E-state index contributed by atoms with van der Waals surface area (Å²) in [7, 11) is 0. The first-order valence-electron chi connectivity index (χ1n) is 6.12. The van der Waals surface area contributed by atoms with E-state index in [4.69, 9.17) is 4.42 Å². The van der Waals surface area contributed by atoms with Crippen LogP contribution in [0.4, 0.5) is 13.2 Å². The maximum atomic E-state index is 12.4. The second kappa shape index (κ2) is 4.86. The van der Waals surface area contributed by atoms with Gasteiger partial charge in [-0.25, -0.2) is 0 Å². The highest BCUT2D eigenvalue weighted by Crippen LogP contribution is 2.29. The molecule has 0 aliphatic heterocycles. The van der Waals surface area contributed by atoms with Gasteiger partial charge in [0.05, 0.1) is 12.1 Å². The molecule has 8 heteroatoms. The third-order valence-electron chi connectivity index (χ3n) is 2.90. The maximum Gasteiger partial charge on any atom is 0.417 e. The fourth-order valence-electron chi connectivity index (χ4n) is 1.64. The molecule has 20 heavy (non-hydrogen) atoms. The average molecular weight is 284 g/mol. The third kappa shape index (κ3) is 2.96. The van der Waals surface area contributed by atoms with E-state index in [1.165, 1.54) is 6.07 Å². The number of nitrogens with one attached hydrogen (secondary N) is 1. The summed E-state index contributed by atoms with van der Waals surface area (Å²) in [4.78, 5) is 3.70. The predicted octanol–water partition coefficient (Wildman–Crippen LogP) is 2.40. The molecule has 5 nitrogen and oxygen atoms in total. The van der Waals surface area contributed by atoms with Crippen molar-refractivity contribution in [2.24, 2.45) is 0 Å². The molecule has 0 bridgehead atoms. The van der Waals surface area contributed by atoms with Crippen LogP contribution in [0.25, 0.3) is 11.6 Å². The number of hydrogen-bond acceptors (Lipinski definition) is 5. The molecule has 1 saturated carbocycles. The first-order chi connectivity index (χ1) is 9.52. The van der Waals surface area contributed by atoms with Gasteiger partial charge < -0.3 is 9.73 Å². The van der Waals surface area contributed by atoms with E-state index in [0.717, 1.165) is 25.1 Å². The summed E-state index contributed by atoms with van der Waals surface area (Å²) in [6.45, 7) is 0.457. The van der Waals surface area contributed by atoms with Crippen LogP contribution in [-0.2, 0) is 12.7 Å². The molecule has 106 valence electrons. The molecule has 0 spiro atoms. The molecule has 2 heterocycles. The van der Waals surface area contributed by atoms with Crippen molar-refractivity contribution in [1.82, 2.24) is 20.5 Å². The molecular weight excluding hydrogens is 273 g/mol. The van der Waals surface area contributed by atoms with Crippen molar-refractivity contribution in [3.05, 3.63) is 29.8 Å². The fourth-order valence-corrected chi connectivity index (χ4v) is 1.64. The Morgan fingerprint density at radius 2 is 2.05 bits per heavy atom. The van der Waals surface area contributed by atoms with Crippen LogP contribution < -0.4 is 5.32 Å². The first kappa shape index (κ1) is 13.0. The molecule has 2 aromatic rings.